The summed E-state index contributed by atoms with van der Waals surface area (Å²) in [6.45, 7) is 4.86. The molecule has 1 aliphatic rings. The first kappa shape index (κ1) is 17.6. The summed E-state index contributed by atoms with van der Waals surface area (Å²) in [6.07, 6.45) is 1.60. The minimum absolute atomic E-state index is 0.0204. The van der Waals surface area contributed by atoms with Gasteiger partial charge in [0.2, 0.25) is 0 Å². The number of benzene rings is 1. The number of carbonyl (C=O) groups excluding carboxylic acids is 2. The van der Waals surface area contributed by atoms with E-state index in [1.165, 1.54) is 0 Å². The Morgan fingerprint density at radius 2 is 1.92 bits per heavy atom. The monoisotopic (exact) mass is 406 g/mol. The molecule has 132 valence electrons. The second-order valence-corrected chi connectivity index (χ2v) is 6.45. The van der Waals surface area contributed by atoms with Gasteiger partial charge in [0.1, 0.15) is 5.69 Å². The number of ether oxygens (including phenoxy) is 1. The lowest BCUT2D eigenvalue weighted by Crippen LogP contribution is -2.40. The summed E-state index contributed by atoms with van der Waals surface area (Å²) in [5, 5.41) is 6.97. The zero-order chi connectivity index (χ0) is 17.8. The highest BCUT2D eigenvalue weighted by molar-refractivity contribution is 9.10. The number of halogens is 1. The molecule has 7 nitrogen and oxygen atoms in total. The molecule has 0 saturated carbocycles. The molecule has 8 heteroatoms. The molecule has 0 spiro atoms. The number of nitrogens with one attached hydrogen (secondary N) is 1. The van der Waals surface area contributed by atoms with Crippen molar-refractivity contribution in [2.24, 2.45) is 0 Å². The van der Waals surface area contributed by atoms with E-state index < -0.39 is 0 Å². The molecule has 1 aliphatic heterocycles. The summed E-state index contributed by atoms with van der Waals surface area (Å²) in [4.78, 5) is 26.6. The second-order valence-electron chi connectivity index (χ2n) is 5.59. The molecule has 2 heterocycles. The maximum atomic E-state index is 12.5. The van der Waals surface area contributed by atoms with Crippen LogP contribution in [0.5, 0.6) is 0 Å². The number of aromatic nitrogens is 2. The Morgan fingerprint density at radius 1 is 1.24 bits per heavy atom. The van der Waals surface area contributed by atoms with Crippen LogP contribution in [0.3, 0.4) is 0 Å². The number of nitrogens with zero attached hydrogens (tertiary/aromatic N) is 3. The minimum atomic E-state index is -0.251. The summed E-state index contributed by atoms with van der Waals surface area (Å²) < 4.78 is 7.53. The zero-order valence-corrected chi connectivity index (χ0v) is 15.5. The van der Waals surface area contributed by atoms with Crippen LogP contribution in [-0.4, -0.2) is 52.8 Å². The molecular weight excluding hydrogens is 388 g/mol. The van der Waals surface area contributed by atoms with E-state index in [0.29, 0.717) is 54.3 Å². The van der Waals surface area contributed by atoms with Gasteiger partial charge in [-0.1, -0.05) is 0 Å². The van der Waals surface area contributed by atoms with Crippen molar-refractivity contribution >= 4 is 33.4 Å². The molecule has 1 fully saturated rings. The van der Waals surface area contributed by atoms with Gasteiger partial charge < -0.3 is 15.0 Å². The van der Waals surface area contributed by atoms with Crippen molar-refractivity contribution in [1.29, 1.82) is 0 Å². The SMILES string of the molecule is CCn1ncc(Br)c1C(=O)Nc1ccc(C(=O)N2CCOCC2)cc1. The number of rotatable bonds is 4. The van der Waals surface area contributed by atoms with Crippen LogP contribution in [-0.2, 0) is 11.3 Å². The Bertz CT molecular complexity index is 767. The van der Waals surface area contributed by atoms with E-state index in [1.54, 1.807) is 40.0 Å². The smallest absolute Gasteiger partial charge is 0.275 e. The lowest BCUT2D eigenvalue weighted by molar-refractivity contribution is 0.0303. The van der Waals surface area contributed by atoms with E-state index >= 15 is 0 Å². The normalized spacial score (nSPS) is 14.4. The van der Waals surface area contributed by atoms with E-state index in [0.717, 1.165) is 0 Å². The first-order chi connectivity index (χ1) is 12.1. The summed E-state index contributed by atoms with van der Waals surface area (Å²) in [5.41, 5.74) is 1.69. The predicted molar refractivity (Wildman–Crippen MR) is 96.7 cm³/mol. The number of morpholine rings is 1. The summed E-state index contributed by atoms with van der Waals surface area (Å²) in [5.74, 6) is -0.272. The van der Waals surface area contributed by atoms with E-state index in [4.69, 9.17) is 4.74 Å². The molecule has 1 aromatic heterocycles. The van der Waals surface area contributed by atoms with Crippen LogP contribution in [0, 0.1) is 0 Å². The van der Waals surface area contributed by atoms with E-state index in [1.807, 2.05) is 6.92 Å². The molecule has 1 saturated heterocycles. The van der Waals surface area contributed by atoms with Crippen LogP contribution in [0.15, 0.2) is 34.9 Å². The molecule has 2 aromatic rings. The molecule has 0 unspecified atom stereocenters. The highest BCUT2D eigenvalue weighted by atomic mass is 79.9. The number of carbonyl (C=O) groups is 2. The molecule has 0 atom stereocenters. The average molecular weight is 407 g/mol. The summed E-state index contributed by atoms with van der Waals surface area (Å²) in [6, 6.07) is 6.90. The molecule has 0 radical (unpaired) electrons. The Morgan fingerprint density at radius 3 is 2.56 bits per heavy atom. The van der Waals surface area contributed by atoms with Crippen LogP contribution in [0.25, 0.3) is 0 Å². The largest absolute Gasteiger partial charge is 0.378 e. The van der Waals surface area contributed by atoms with Gasteiger partial charge in [-0.05, 0) is 47.1 Å². The molecule has 1 aromatic carbocycles. The topological polar surface area (TPSA) is 76.5 Å². The minimum Gasteiger partial charge on any atom is -0.378 e. The number of aryl methyl sites for hydroxylation is 1. The molecule has 2 amide bonds. The molecule has 0 aliphatic carbocycles. The summed E-state index contributed by atoms with van der Waals surface area (Å²) in [7, 11) is 0. The van der Waals surface area contributed by atoms with Gasteiger partial charge in [-0.25, -0.2) is 0 Å². The average Bonchev–Trinajstić information content (AvgIpc) is 3.03. The van der Waals surface area contributed by atoms with Gasteiger partial charge in [0.05, 0.1) is 23.9 Å². The van der Waals surface area contributed by atoms with Crippen molar-refractivity contribution in [2.75, 3.05) is 31.6 Å². The molecule has 0 bridgehead atoms. The van der Waals surface area contributed by atoms with Crippen molar-refractivity contribution in [1.82, 2.24) is 14.7 Å². The maximum absolute atomic E-state index is 12.5. The van der Waals surface area contributed by atoms with Crippen molar-refractivity contribution < 1.29 is 14.3 Å². The quantitative estimate of drug-likeness (QED) is 0.845. The van der Waals surface area contributed by atoms with Gasteiger partial charge in [0, 0.05) is 30.9 Å². The number of hydrogen-bond donors (Lipinski definition) is 1. The third-order valence-corrected chi connectivity index (χ3v) is 4.58. The standard InChI is InChI=1S/C17H19BrN4O3/c1-2-22-15(14(18)11-19-22)16(23)20-13-5-3-12(4-6-13)17(24)21-7-9-25-10-8-21/h3-6,11H,2,7-10H2,1H3,(H,20,23). The van der Waals surface area contributed by atoms with Crippen LogP contribution in [0.1, 0.15) is 27.8 Å². The highest BCUT2D eigenvalue weighted by Crippen LogP contribution is 2.19. The molecular formula is C17H19BrN4O3. The van der Waals surface area contributed by atoms with Crippen LogP contribution in [0.2, 0.25) is 0 Å². The van der Waals surface area contributed by atoms with E-state index in [-0.39, 0.29) is 11.8 Å². The summed E-state index contributed by atoms with van der Waals surface area (Å²) >= 11 is 3.34. The Labute approximate surface area is 154 Å². The predicted octanol–water partition coefficient (Wildman–Crippen LogP) is 2.39. The van der Waals surface area contributed by atoms with Gasteiger partial charge in [-0.15, -0.1) is 0 Å². The van der Waals surface area contributed by atoms with Gasteiger partial charge in [-0.2, -0.15) is 5.10 Å². The number of anilines is 1. The van der Waals surface area contributed by atoms with Crippen molar-refractivity contribution in [2.45, 2.75) is 13.5 Å². The van der Waals surface area contributed by atoms with E-state index in [9.17, 15) is 9.59 Å². The lowest BCUT2D eigenvalue weighted by Gasteiger charge is -2.26. The Hall–Kier alpha value is -2.19. The Balaban J connectivity index is 1.69. The fraction of sp³-hybridized carbons (Fsp3) is 0.353. The third kappa shape index (κ3) is 3.91. The number of amides is 2. The third-order valence-electron chi connectivity index (χ3n) is 4.00. The van der Waals surface area contributed by atoms with Crippen LogP contribution >= 0.6 is 15.9 Å². The maximum Gasteiger partial charge on any atom is 0.275 e. The van der Waals surface area contributed by atoms with Crippen molar-refractivity contribution in [3.05, 3.63) is 46.2 Å². The van der Waals surface area contributed by atoms with Gasteiger partial charge >= 0.3 is 0 Å². The molecule has 3 rings (SSSR count). The Kier molecular flexibility index (Phi) is 5.50. The fourth-order valence-electron chi connectivity index (χ4n) is 2.66. The first-order valence-electron chi connectivity index (χ1n) is 8.10. The number of hydrogen-bond acceptors (Lipinski definition) is 4. The second kappa shape index (κ2) is 7.79. The van der Waals surface area contributed by atoms with Crippen molar-refractivity contribution in [3.63, 3.8) is 0 Å². The fourth-order valence-corrected chi connectivity index (χ4v) is 3.14. The molecule has 25 heavy (non-hydrogen) atoms. The van der Waals surface area contributed by atoms with Crippen molar-refractivity contribution in [3.8, 4) is 0 Å². The van der Waals surface area contributed by atoms with Gasteiger partial charge in [0.15, 0.2) is 0 Å². The van der Waals surface area contributed by atoms with Crippen LogP contribution in [0.4, 0.5) is 5.69 Å². The molecule has 1 N–H and O–H groups in total. The highest BCUT2D eigenvalue weighted by Gasteiger charge is 2.19. The van der Waals surface area contributed by atoms with Gasteiger partial charge in [0.25, 0.3) is 11.8 Å². The first-order valence-corrected chi connectivity index (χ1v) is 8.89. The van der Waals surface area contributed by atoms with Gasteiger partial charge in [-0.3, -0.25) is 14.3 Å². The van der Waals surface area contributed by atoms with E-state index in [2.05, 4.69) is 26.3 Å². The zero-order valence-electron chi connectivity index (χ0n) is 13.9. The lowest BCUT2D eigenvalue weighted by atomic mass is 10.1. The van der Waals surface area contributed by atoms with Crippen LogP contribution < -0.4 is 5.32 Å².